The van der Waals surface area contributed by atoms with Crippen molar-refractivity contribution in [1.82, 2.24) is 10.1 Å². The number of nitrogens with zero attached hydrogens (tertiary/aromatic N) is 2. The van der Waals surface area contributed by atoms with E-state index < -0.39 is 0 Å². The van der Waals surface area contributed by atoms with Crippen molar-refractivity contribution < 1.29 is 4.52 Å². The van der Waals surface area contributed by atoms with Gasteiger partial charge in [-0.15, -0.1) is 0 Å². The Bertz CT molecular complexity index is 353. The third-order valence-corrected chi connectivity index (χ3v) is 3.84. The molecule has 0 amide bonds. The van der Waals surface area contributed by atoms with Crippen molar-refractivity contribution in [1.29, 1.82) is 0 Å². The van der Waals surface area contributed by atoms with Crippen molar-refractivity contribution in [3.05, 3.63) is 11.7 Å². The van der Waals surface area contributed by atoms with Crippen LogP contribution in [0.2, 0.25) is 0 Å². The maximum absolute atomic E-state index is 6.05. The normalized spacial score (nSPS) is 24.6. The van der Waals surface area contributed by atoms with Crippen molar-refractivity contribution in [3.8, 4) is 0 Å². The summed E-state index contributed by atoms with van der Waals surface area (Å²) in [7, 11) is 0. The molecular weight excluding hydrogens is 202 g/mol. The predicted octanol–water partition coefficient (Wildman–Crippen LogP) is 2.53. The molecule has 2 N–H and O–H groups in total. The molecule has 1 unspecified atom stereocenters. The Morgan fingerprint density at radius 2 is 1.88 bits per heavy atom. The molecule has 2 aliphatic rings. The average molecular weight is 221 g/mol. The Morgan fingerprint density at radius 1 is 1.12 bits per heavy atom. The van der Waals surface area contributed by atoms with Crippen molar-refractivity contribution in [2.24, 2.45) is 11.7 Å². The van der Waals surface area contributed by atoms with Gasteiger partial charge >= 0.3 is 0 Å². The Balaban J connectivity index is 1.70. The number of aromatic nitrogens is 2. The van der Waals surface area contributed by atoms with Gasteiger partial charge in [0.1, 0.15) is 0 Å². The fraction of sp³-hybridized carbons (Fsp3) is 0.833. The topological polar surface area (TPSA) is 64.9 Å². The summed E-state index contributed by atoms with van der Waals surface area (Å²) in [4.78, 5) is 4.49. The monoisotopic (exact) mass is 221 g/mol. The second-order valence-electron chi connectivity index (χ2n) is 5.19. The number of rotatable bonds is 3. The number of hydrogen-bond acceptors (Lipinski definition) is 4. The second-order valence-corrected chi connectivity index (χ2v) is 5.19. The van der Waals surface area contributed by atoms with Crippen molar-refractivity contribution in [2.75, 3.05) is 0 Å². The predicted molar refractivity (Wildman–Crippen MR) is 59.8 cm³/mol. The molecule has 88 valence electrons. The van der Waals surface area contributed by atoms with E-state index in [-0.39, 0.29) is 6.04 Å². The van der Waals surface area contributed by atoms with Crippen LogP contribution in [0, 0.1) is 5.92 Å². The van der Waals surface area contributed by atoms with Gasteiger partial charge in [-0.05, 0) is 31.6 Å². The lowest BCUT2D eigenvalue weighted by molar-refractivity contribution is 0.332. The third-order valence-electron chi connectivity index (χ3n) is 3.84. The van der Waals surface area contributed by atoms with Crippen LogP contribution < -0.4 is 5.73 Å². The maximum atomic E-state index is 6.05. The van der Waals surface area contributed by atoms with Crippen LogP contribution in [0.5, 0.6) is 0 Å². The van der Waals surface area contributed by atoms with E-state index in [2.05, 4.69) is 10.1 Å². The molecule has 0 bridgehead atoms. The summed E-state index contributed by atoms with van der Waals surface area (Å²) in [5.74, 6) is 2.64. The van der Waals surface area contributed by atoms with Crippen molar-refractivity contribution >= 4 is 0 Å². The highest BCUT2D eigenvalue weighted by molar-refractivity contribution is 5.02. The van der Waals surface area contributed by atoms with E-state index in [1.807, 2.05) is 0 Å². The maximum Gasteiger partial charge on any atom is 0.243 e. The fourth-order valence-corrected chi connectivity index (χ4v) is 2.57. The molecule has 4 nitrogen and oxygen atoms in total. The first-order chi connectivity index (χ1) is 7.84. The molecule has 0 spiro atoms. The summed E-state index contributed by atoms with van der Waals surface area (Å²) in [6, 6.07) is -0.0233. The third kappa shape index (κ3) is 1.98. The molecule has 1 atom stereocenters. The Kier molecular flexibility index (Phi) is 2.67. The second kappa shape index (κ2) is 4.17. The van der Waals surface area contributed by atoms with Gasteiger partial charge in [0.05, 0.1) is 6.04 Å². The molecule has 1 heterocycles. The smallest absolute Gasteiger partial charge is 0.243 e. The van der Waals surface area contributed by atoms with E-state index >= 15 is 0 Å². The van der Waals surface area contributed by atoms with E-state index in [4.69, 9.17) is 10.3 Å². The van der Waals surface area contributed by atoms with Gasteiger partial charge in [-0.3, -0.25) is 0 Å². The number of nitrogens with two attached hydrogens (primary N) is 1. The lowest BCUT2D eigenvalue weighted by Gasteiger charge is -2.17. The zero-order valence-electron chi connectivity index (χ0n) is 9.56. The largest absolute Gasteiger partial charge is 0.338 e. The summed E-state index contributed by atoms with van der Waals surface area (Å²) in [5, 5.41) is 4.11. The Hall–Kier alpha value is -0.900. The summed E-state index contributed by atoms with van der Waals surface area (Å²) in [6.45, 7) is 0. The van der Waals surface area contributed by atoms with E-state index in [1.54, 1.807) is 0 Å². The van der Waals surface area contributed by atoms with Gasteiger partial charge in [0.2, 0.25) is 5.89 Å². The minimum atomic E-state index is -0.0233. The van der Waals surface area contributed by atoms with E-state index in [1.165, 1.54) is 44.9 Å². The Morgan fingerprint density at radius 3 is 2.56 bits per heavy atom. The zero-order valence-corrected chi connectivity index (χ0v) is 9.56. The first-order valence-corrected chi connectivity index (χ1v) is 6.43. The highest BCUT2D eigenvalue weighted by Gasteiger charge is 2.33. The van der Waals surface area contributed by atoms with Crippen LogP contribution in [0.15, 0.2) is 4.52 Å². The molecule has 3 rings (SSSR count). The lowest BCUT2D eigenvalue weighted by atomic mass is 9.89. The summed E-state index contributed by atoms with van der Waals surface area (Å²) < 4.78 is 5.29. The van der Waals surface area contributed by atoms with Gasteiger partial charge in [0, 0.05) is 5.92 Å². The van der Waals surface area contributed by atoms with Gasteiger partial charge in [-0.25, -0.2) is 0 Å². The van der Waals surface area contributed by atoms with Crippen LogP contribution in [0.1, 0.15) is 68.6 Å². The molecule has 1 aromatic heterocycles. The van der Waals surface area contributed by atoms with Crippen LogP contribution in [-0.4, -0.2) is 10.1 Å². The molecule has 2 fully saturated rings. The standard InChI is InChI=1S/C12H19N3O/c13-10(8-6-7-8)12-14-11(15-16-12)9-4-2-1-3-5-9/h8-10H,1-7,13H2. The number of hydrogen-bond donors (Lipinski definition) is 1. The first-order valence-electron chi connectivity index (χ1n) is 6.43. The quantitative estimate of drug-likeness (QED) is 0.851. The van der Waals surface area contributed by atoms with Crippen LogP contribution in [0.4, 0.5) is 0 Å². The highest BCUT2D eigenvalue weighted by Crippen LogP contribution is 2.39. The lowest BCUT2D eigenvalue weighted by Crippen LogP contribution is -2.13. The summed E-state index contributed by atoms with van der Waals surface area (Å²) in [5.41, 5.74) is 6.05. The van der Waals surface area contributed by atoms with Gasteiger partial charge in [0.15, 0.2) is 5.82 Å². The molecule has 0 radical (unpaired) electrons. The van der Waals surface area contributed by atoms with Gasteiger partial charge < -0.3 is 10.3 Å². The van der Waals surface area contributed by atoms with Gasteiger partial charge in [-0.1, -0.05) is 24.4 Å². The summed E-state index contributed by atoms with van der Waals surface area (Å²) >= 11 is 0. The fourth-order valence-electron chi connectivity index (χ4n) is 2.57. The molecule has 0 saturated heterocycles. The minimum Gasteiger partial charge on any atom is -0.338 e. The Labute approximate surface area is 95.6 Å². The van der Waals surface area contributed by atoms with E-state index in [9.17, 15) is 0 Å². The van der Waals surface area contributed by atoms with Gasteiger partial charge in [-0.2, -0.15) is 4.98 Å². The van der Waals surface area contributed by atoms with Crippen LogP contribution in [-0.2, 0) is 0 Å². The van der Waals surface area contributed by atoms with Crippen LogP contribution in [0.3, 0.4) is 0 Å². The molecule has 2 aliphatic carbocycles. The van der Waals surface area contributed by atoms with E-state index in [0.717, 1.165) is 5.82 Å². The van der Waals surface area contributed by atoms with Crippen LogP contribution >= 0.6 is 0 Å². The minimum absolute atomic E-state index is 0.0233. The van der Waals surface area contributed by atoms with E-state index in [0.29, 0.717) is 17.7 Å². The van der Waals surface area contributed by atoms with Crippen molar-refractivity contribution in [3.63, 3.8) is 0 Å². The molecule has 2 saturated carbocycles. The molecule has 0 aliphatic heterocycles. The molecule has 4 heteroatoms. The van der Waals surface area contributed by atoms with Gasteiger partial charge in [0.25, 0.3) is 0 Å². The SMILES string of the molecule is NC(c1nc(C2CCCCC2)no1)C1CC1. The average Bonchev–Trinajstić information content (AvgIpc) is 3.07. The molecule has 16 heavy (non-hydrogen) atoms. The molecule has 1 aromatic rings. The molecular formula is C12H19N3O. The summed E-state index contributed by atoms with van der Waals surface area (Å²) in [6.07, 6.45) is 8.77. The van der Waals surface area contributed by atoms with Crippen molar-refractivity contribution in [2.45, 2.75) is 56.9 Å². The first kappa shape index (κ1) is 10.3. The molecule has 0 aromatic carbocycles. The highest BCUT2D eigenvalue weighted by atomic mass is 16.5. The van der Waals surface area contributed by atoms with Crippen LogP contribution in [0.25, 0.3) is 0 Å². The zero-order chi connectivity index (χ0) is 11.0.